The molecule has 3 rings (SSSR count). The second kappa shape index (κ2) is 8.08. The molecule has 0 saturated carbocycles. The highest BCUT2D eigenvalue weighted by molar-refractivity contribution is 6.31. The van der Waals surface area contributed by atoms with Gasteiger partial charge in [0.15, 0.2) is 0 Å². The normalized spacial score (nSPS) is 13.4. The Labute approximate surface area is 162 Å². The van der Waals surface area contributed by atoms with Crippen molar-refractivity contribution < 1.29 is 9.47 Å². The highest BCUT2D eigenvalue weighted by atomic mass is 35.5. The molecule has 7 heteroatoms. The maximum Gasteiger partial charge on any atom is 0.137 e. The molecule has 1 aromatic heterocycles. The van der Waals surface area contributed by atoms with Gasteiger partial charge in [-0.25, -0.2) is 9.67 Å². The molecule has 0 radical (unpaired) electrons. The van der Waals surface area contributed by atoms with Crippen molar-refractivity contribution in [3.05, 3.63) is 70.7 Å². The number of ether oxygens (including phenoxy) is 2. The van der Waals surface area contributed by atoms with Gasteiger partial charge in [0.25, 0.3) is 0 Å². The van der Waals surface area contributed by atoms with E-state index in [1.165, 1.54) is 6.33 Å². The summed E-state index contributed by atoms with van der Waals surface area (Å²) in [5.41, 5.74) is 0.270. The van der Waals surface area contributed by atoms with Gasteiger partial charge < -0.3 is 9.47 Å². The third-order valence-corrected chi connectivity index (χ3v) is 4.89. The molecule has 0 bridgehead atoms. The molecule has 26 heavy (non-hydrogen) atoms. The van der Waals surface area contributed by atoms with Crippen LogP contribution in [0, 0.1) is 0 Å². The zero-order valence-electron chi connectivity index (χ0n) is 14.5. The summed E-state index contributed by atoms with van der Waals surface area (Å²) in [5.74, 6) is 1.33. The summed E-state index contributed by atoms with van der Waals surface area (Å²) >= 11 is 12.5. The van der Waals surface area contributed by atoms with Gasteiger partial charge in [0.2, 0.25) is 0 Å². The van der Waals surface area contributed by atoms with Crippen LogP contribution in [-0.4, -0.2) is 21.9 Å². The lowest BCUT2D eigenvalue weighted by molar-refractivity contribution is -0.0354. The second-order valence-electron chi connectivity index (χ2n) is 5.84. The number of benzene rings is 2. The van der Waals surface area contributed by atoms with Crippen LogP contribution >= 0.6 is 23.2 Å². The van der Waals surface area contributed by atoms with E-state index in [0.717, 1.165) is 12.0 Å². The van der Waals surface area contributed by atoms with E-state index in [9.17, 15) is 0 Å². The van der Waals surface area contributed by atoms with Crippen LogP contribution in [0.25, 0.3) is 0 Å². The van der Waals surface area contributed by atoms with Gasteiger partial charge in [-0.15, -0.1) is 0 Å². The van der Waals surface area contributed by atoms with Gasteiger partial charge in [0.05, 0.1) is 11.6 Å². The topological polar surface area (TPSA) is 49.2 Å². The maximum absolute atomic E-state index is 6.58. The van der Waals surface area contributed by atoms with Gasteiger partial charge in [-0.1, -0.05) is 36.2 Å². The van der Waals surface area contributed by atoms with Crippen molar-refractivity contribution in [2.45, 2.75) is 25.5 Å². The fourth-order valence-electron chi connectivity index (χ4n) is 2.85. The van der Waals surface area contributed by atoms with Crippen molar-refractivity contribution in [1.29, 1.82) is 0 Å². The van der Waals surface area contributed by atoms with Crippen LogP contribution in [0.2, 0.25) is 10.0 Å². The lowest BCUT2D eigenvalue weighted by atomic mass is 9.90. The summed E-state index contributed by atoms with van der Waals surface area (Å²) in [6.45, 7) is 2.56. The SMILES string of the molecule is CCC(Cn1cncn1)(OC)c1ccc(Oc2ccc(Cl)cc2)cc1Cl. The van der Waals surface area contributed by atoms with Crippen LogP contribution in [-0.2, 0) is 16.9 Å². The van der Waals surface area contributed by atoms with Gasteiger partial charge in [0.1, 0.15) is 29.8 Å². The van der Waals surface area contributed by atoms with Crippen molar-refractivity contribution in [3.63, 3.8) is 0 Å². The minimum atomic E-state index is -0.608. The van der Waals surface area contributed by atoms with E-state index in [0.29, 0.717) is 28.1 Å². The third kappa shape index (κ3) is 4.01. The first-order chi connectivity index (χ1) is 12.6. The molecule has 0 saturated heterocycles. The van der Waals surface area contributed by atoms with Crippen molar-refractivity contribution in [1.82, 2.24) is 14.8 Å². The molecule has 3 aromatic rings. The average Bonchev–Trinajstić information content (AvgIpc) is 3.15. The molecule has 2 aromatic carbocycles. The van der Waals surface area contributed by atoms with E-state index >= 15 is 0 Å². The van der Waals surface area contributed by atoms with E-state index in [2.05, 4.69) is 17.0 Å². The number of aromatic nitrogens is 3. The Hall–Kier alpha value is -2.08. The molecule has 0 spiro atoms. The lowest BCUT2D eigenvalue weighted by Gasteiger charge is -2.32. The van der Waals surface area contributed by atoms with E-state index < -0.39 is 5.60 Å². The second-order valence-corrected chi connectivity index (χ2v) is 6.69. The monoisotopic (exact) mass is 391 g/mol. The molecular weight excluding hydrogens is 373 g/mol. The fourth-order valence-corrected chi connectivity index (χ4v) is 3.32. The quantitative estimate of drug-likeness (QED) is 0.545. The zero-order valence-corrected chi connectivity index (χ0v) is 16.0. The number of nitrogens with zero attached hydrogens (tertiary/aromatic N) is 3. The predicted molar refractivity (Wildman–Crippen MR) is 102 cm³/mol. The number of hydrogen-bond donors (Lipinski definition) is 0. The molecule has 0 fully saturated rings. The molecule has 0 N–H and O–H groups in total. The first-order valence-corrected chi connectivity index (χ1v) is 8.93. The van der Waals surface area contributed by atoms with Gasteiger partial charge in [-0.3, -0.25) is 0 Å². The van der Waals surface area contributed by atoms with Crippen LogP contribution in [0.4, 0.5) is 0 Å². The highest BCUT2D eigenvalue weighted by Crippen LogP contribution is 2.38. The van der Waals surface area contributed by atoms with Gasteiger partial charge in [0, 0.05) is 17.7 Å². The standard InChI is InChI=1S/C19H19Cl2N3O2/c1-3-19(25-2,11-24-13-22-12-23-24)17-9-8-16(10-18(17)21)26-15-6-4-14(20)5-7-15/h4-10,12-13H,3,11H2,1-2H3. The van der Waals surface area contributed by atoms with Gasteiger partial charge in [-0.05, 0) is 42.8 Å². The van der Waals surface area contributed by atoms with Crippen molar-refractivity contribution in [3.8, 4) is 11.5 Å². The van der Waals surface area contributed by atoms with Crippen LogP contribution in [0.3, 0.4) is 0 Å². The molecule has 5 nitrogen and oxygen atoms in total. The fraction of sp³-hybridized carbons (Fsp3) is 0.263. The Morgan fingerprint density at radius 2 is 1.81 bits per heavy atom. The molecule has 0 aliphatic heterocycles. The molecule has 1 unspecified atom stereocenters. The predicted octanol–water partition coefficient (Wildman–Crippen LogP) is 5.33. The number of hydrogen-bond acceptors (Lipinski definition) is 4. The summed E-state index contributed by atoms with van der Waals surface area (Å²) in [7, 11) is 1.68. The molecule has 1 atom stereocenters. The summed E-state index contributed by atoms with van der Waals surface area (Å²) in [5, 5.41) is 5.41. The molecule has 136 valence electrons. The van der Waals surface area contributed by atoms with E-state index in [1.807, 2.05) is 12.1 Å². The lowest BCUT2D eigenvalue weighted by Crippen LogP contribution is -2.33. The third-order valence-electron chi connectivity index (χ3n) is 4.33. The zero-order chi connectivity index (χ0) is 18.6. The number of halogens is 2. The first kappa shape index (κ1) is 18.7. The summed E-state index contributed by atoms with van der Waals surface area (Å²) in [4.78, 5) is 3.99. The summed E-state index contributed by atoms with van der Waals surface area (Å²) in [6.07, 6.45) is 3.89. The van der Waals surface area contributed by atoms with Crippen molar-refractivity contribution >= 4 is 23.2 Å². The smallest absolute Gasteiger partial charge is 0.137 e. The largest absolute Gasteiger partial charge is 0.457 e. The van der Waals surface area contributed by atoms with E-state index in [1.54, 1.807) is 48.5 Å². The van der Waals surface area contributed by atoms with Crippen molar-refractivity contribution in [2.24, 2.45) is 0 Å². The summed E-state index contributed by atoms with van der Waals surface area (Å²) in [6, 6.07) is 12.8. The average molecular weight is 392 g/mol. The molecular formula is C19H19Cl2N3O2. The van der Waals surface area contributed by atoms with E-state index in [4.69, 9.17) is 32.7 Å². The van der Waals surface area contributed by atoms with Gasteiger partial charge in [-0.2, -0.15) is 5.10 Å². The molecule has 1 heterocycles. The highest BCUT2D eigenvalue weighted by Gasteiger charge is 2.33. The number of rotatable bonds is 7. The van der Waals surface area contributed by atoms with E-state index in [-0.39, 0.29) is 0 Å². The molecule has 0 amide bonds. The Kier molecular flexibility index (Phi) is 5.81. The molecule has 0 aliphatic carbocycles. The first-order valence-electron chi connectivity index (χ1n) is 8.17. The Balaban J connectivity index is 1.88. The number of methoxy groups -OCH3 is 1. The minimum Gasteiger partial charge on any atom is -0.457 e. The molecule has 0 aliphatic rings. The van der Waals surface area contributed by atoms with Crippen molar-refractivity contribution in [2.75, 3.05) is 7.11 Å². The van der Waals surface area contributed by atoms with Crippen LogP contribution in [0.5, 0.6) is 11.5 Å². The minimum absolute atomic E-state index is 0.511. The van der Waals surface area contributed by atoms with Crippen LogP contribution < -0.4 is 4.74 Å². The Morgan fingerprint density at radius 3 is 2.38 bits per heavy atom. The maximum atomic E-state index is 6.58. The van der Waals surface area contributed by atoms with Crippen LogP contribution in [0.15, 0.2) is 55.1 Å². The Bertz CT molecular complexity index is 848. The summed E-state index contributed by atoms with van der Waals surface area (Å²) < 4.78 is 13.5. The van der Waals surface area contributed by atoms with Crippen LogP contribution in [0.1, 0.15) is 18.9 Å². The van der Waals surface area contributed by atoms with Gasteiger partial charge >= 0.3 is 0 Å². The Morgan fingerprint density at radius 1 is 1.08 bits per heavy atom.